The van der Waals surface area contributed by atoms with Gasteiger partial charge >= 0.3 is 0 Å². The summed E-state index contributed by atoms with van der Waals surface area (Å²) in [6.45, 7) is 1.12. The van der Waals surface area contributed by atoms with E-state index in [1.54, 1.807) is 18.9 Å². The van der Waals surface area contributed by atoms with Crippen LogP contribution in [0.4, 0.5) is 0 Å². The molecule has 0 aliphatic carbocycles. The Hall–Kier alpha value is -2.58. The molecule has 1 fully saturated rings. The molecule has 0 spiro atoms. The van der Waals surface area contributed by atoms with Gasteiger partial charge in [-0.3, -0.25) is 9.20 Å². The first-order valence-corrected chi connectivity index (χ1v) is 11.9. The Kier molecular flexibility index (Phi) is 6.77. The van der Waals surface area contributed by atoms with Crippen LogP contribution in [0.3, 0.4) is 0 Å². The number of aromatic nitrogens is 3. The third kappa shape index (κ3) is 4.41. The van der Waals surface area contributed by atoms with Gasteiger partial charge in [-0.15, -0.1) is 10.2 Å². The van der Waals surface area contributed by atoms with Crippen molar-refractivity contribution in [3.8, 4) is 5.75 Å². The van der Waals surface area contributed by atoms with Crippen molar-refractivity contribution in [2.75, 3.05) is 32.3 Å². The Labute approximate surface area is 186 Å². The van der Waals surface area contributed by atoms with Gasteiger partial charge in [0.05, 0.1) is 18.6 Å². The molecule has 0 unspecified atom stereocenters. The van der Waals surface area contributed by atoms with Gasteiger partial charge in [-0.25, -0.2) is 0 Å². The number of pyridine rings is 1. The summed E-state index contributed by atoms with van der Waals surface area (Å²) < 4.78 is 12.9. The minimum Gasteiger partial charge on any atom is -0.497 e. The van der Waals surface area contributed by atoms with Crippen molar-refractivity contribution in [2.24, 2.45) is 0 Å². The maximum Gasteiger partial charge on any atom is 0.231 e. The first-order valence-electron chi connectivity index (χ1n) is 10.5. The number of fused-ring (bicyclic) bond motifs is 1. The number of hydrogen-bond acceptors (Lipinski definition) is 6. The van der Waals surface area contributed by atoms with E-state index >= 15 is 0 Å². The van der Waals surface area contributed by atoms with E-state index in [0.717, 1.165) is 35.0 Å². The van der Waals surface area contributed by atoms with Gasteiger partial charge in [-0.1, -0.05) is 18.2 Å². The van der Waals surface area contributed by atoms with Crippen LogP contribution in [0.2, 0.25) is 0 Å². The number of thioether (sulfide) groups is 1. The molecule has 3 heterocycles. The van der Waals surface area contributed by atoms with E-state index in [2.05, 4.69) is 21.8 Å². The number of rotatable bonds is 8. The van der Waals surface area contributed by atoms with Crippen LogP contribution < -0.4 is 10.1 Å². The van der Waals surface area contributed by atoms with Gasteiger partial charge in [0.25, 0.3) is 0 Å². The van der Waals surface area contributed by atoms with E-state index in [4.69, 9.17) is 9.47 Å². The highest BCUT2D eigenvalue weighted by Crippen LogP contribution is 2.37. The standard InChI is InChI=1S/C23H28N4O3S/c1-29-18-8-6-17(7-9-18)23(11-14-30-15-12-23)22(28)24-19(10-16-31-2)21-26-25-20-5-3-4-13-27(20)21/h3-9,13,19H,10-12,14-16H2,1-2H3,(H,24,28)/t19-/m0/s1. The van der Waals surface area contributed by atoms with Gasteiger partial charge in [0.2, 0.25) is 5.91 Å². The lowest BCUT2D eigenvalue weighted by Gasteiger charge is -2.37. The molecule has 1 atom stereocenters. The van der Waals surface area contributed by atoms with Crippen LogP contribution in [0, 0.1) is 0 Å². The zero-order valence-electron chi connectivity index (χ0n) is 17.9. The molecule has 0 bridgehead atoms. The number of nitrogens with zero attached hydrogens (tertiary/aromatic N) is 3. The summed E-state index contributed by atoms with van der Waals surface area (Å²) in [6.07, 6.45) is 6.06. The SMILES string of the molecule is COc1ccc(C2(C(=O)N[C@@H](CCSC)c3nnc4ccccn34)CCOCC2)cc1. The number of ether oxygens (including phenoxy) is 2. The third-order valence-electron chi connectivity index (χ3n) is 5.99. The minimum atomic E-state index is -0.636. The molecule has 7 nitrogen and oxygen atoms in total. The zero-order valence-corrected chi connectivity index (χ0v) is 18.7. The molecule has 2 aromatic heterocycles. The Bertz CT molecular complexity index is 1020. The highest BCUT2D eigenvalue weighted by atomic mass is 32.2. The fourth-order valence-electron chi connectivity index (χ4n) is 4.17. The van der Waals surface area contributed by atoms with E-state index in [1.165, 1.54) is 0 Å². The summed E-state index contributed by atoms with van der Waals surface area (Å²) in [7, 11) is 1.64. The van der Waals surface area contributed by atoms with Gasteiger partial charge in [0, 0.05) is 19.4 Å². The van der Waals surface area contributed by atoms with E-state index in [1.807, 2.05) is 53.1 Å². The van der Waals surface area contributed by atoms with Crippen LogP contribution >= 0.6 is 11.8 Å². The number of methoxy groups -OCH3 is 1. The van der Waals surface area contributed by atoms with Crippen molar-refractivity contribution < 1.29 is 14.3 Å². The van der Waals surface area contributed by atoms with Crippen molar-refractivity contribution in [3.05, 3.63) is 60.0 Å². The molecule has 0 radical (unpaired) electrons. The molecular formula is C23H28N4O3S. The van der Waals surface area contributed by atoms with Gasteiger partial charge < -0.3 is 14.8 Å². The molecule has 1 aliphatic rings. The summed E-state index contributed by atoms with van der Waals surface area (Å²) in [5, 5.41) is 12.0. The molecule has 1 aromatic carbocycles. The van der Waals surface area contributed by atoms with Crippen LogP contribution in [0.5, 0.6) is 5.75 Å². The van der Waals surface area contributed by atoms with E-state index < -0.39 is 5.41 Å². The van der Waals surface area contributed by atoms with Crippen LogP contribution in [-0.2, 0) is 14.9 Å². The first-order chi connectivity index (χ1) is 15.2. The average Bonchev–Trinajstić information content (AvgIpc) is 3.26. The van der Waals surface area contributed by atoms with E-state index in [9.17, 15) is 4.79 Å². The van der Waals surface area contributed by atoms with Crippen molar-refractivity contribution in [1.29, 1.82) is 0 Å². The fraction of sp³-hybridized carbons (Fsp3) is 0.435. The highest BCUT2D eigenvalue weighted by molar-refractivity contribution is 7.98. The maximum atomic E-state index is 13.8. The van der Waals surface area contributed by atoms with Crippen molar-refractivity contribution >= 4 is 23.3 Å². The van der Waals surface area contributed by atoms with Crippen molar-refractivity contribution in [1.82, 2.24) is 19.9 Å². The lowest BCUT2D eigenvalue weighted by molar-refractivity contribution is -0.131. The van der Waals surface area contributed by atoms with E-state index in [-0.39, 0.29) is 11.9 Å². The van der Waals surface area contributed by atoms with Gasteiger partial charge in [0.15, 0.2) is 11.5 Å². The maximum absolute atomic E-state index is 13.8. The van der Waals surface area contributed by atoms with Crippen LogP contribution in [-0.4, -0.2) is 52.8 Å². The van der Waals surface area contributed by atoms with Crippen LogP contribution in [0.15, 0.2) is 48.7 Å². The second-order valence-corrected chi connectivity index (χ2v) is 8.70. The summed E-state index contributed by atoms with van der Waals surface area (Å²) in [5.74, 6) is 2.46. The molecule has 1 saturated heterocycles. The number of carbonyl (C=O) groups is 1. The first kappa shape index (κ1) is 21.6. The Balaban J connectivity index is 1.66. The van der Waals surface area contributed by atoms with Crippen LogP contribution in [0.1, 0.15) is 36.7 Å². The number of carbonyl (C=O) groups excluding carboxylic acids is 1. The predicted molar refractivity (Wildman–Crippen MR) is 122 cm³/mol. The van der Waals surface area contributed by atoms with Gasteiger partial charge in [-0.2, -0.15) is 11.8 Å². The number of hydrogen-bond donors (Lipinski definition) is 1. The topological polar surface area (TPSA) is 77.8 Å². The summed E-state index contributed by atoms with van der Waals surface area (Å²) in [5.41, 5.74) is 1.13. The van der Waals surface area contributed by atoms with Crippen molar-refractivity contribution in [3.63, 3.8) is 0 Å². The number of nitrogens with one attached hydrogen (secondary N) is 1. The summed E-state index contributed by atoms with van der Waals surface area (Å²) in [4.78, 5) is 13.8. The zero-order chi connectivity index (χ0) is 21.7. The molecule has 4 rings (SSSR count). The Morgan fingerprint density at radius 2 is 2.00 bits per heavy atom. The molecule has 164 valence electrons. The molecule has 31 heavy (non-hydrogen) atoms. The Morgan fingerprint density at radius 3 is 2.71 bits per heavy atom. The average molecular weight is 441 g/mol. The smallest absolute Gasteiger partial charge is 0.231 e. The highest BCUT2D eigenvalue weighted by Gasteiger charge is 2.42. The molecule has 1 amide bonds. The van der Waals surface area contributed by atoms with Crippen molar-refractivity contribution in [2.45, 2.75) is 30.7 Å². The fourth-order valence-corrected chi connectivity index (χ4v) is 4.64. The summed E-state index contributed by atoms with van der Waals surface area (Å²) >= 11 is 1.75. The molecule has 1 aliphatic heterocycles. The molecule has 3 aromatic rings. The summed E-state index contributed by atoms with van der Waals surface area (Å²) in [6, 6.07) is 13.4. The third-order valence-corrected chi connectivity index (χ3v) is 6.64. The van der Waals surface area contributed by atoms with Gasteiger partial charge in [0.1, 0.15) is 5.75 Å². The van der Waals surface area contributed by atoms with E-state index in [0.29, 0.717) is 26.1 Å². The number of benzene rings is 1. The Morgan fingerprint density at radius 1 is 1.23 bits per heavy atom. The lowest BCUT2D eigenvalue weighted by Crippen LogP contribution is -2.49. The molecule has 0 saturated carbocycles. The predicted octanol–water partition coefficient (Wildman–Crippen LogP) is 3.40. The van der Waals surface area contributed by atoms with Crippen LogP contribution in [0.25, 0.3) is 5.65 Å². The minimum absolute atomic E-state index is 0.0137. The largest absolute Gasteiger partial charge is 0.497 e. The second kappa shape index (κ2) is 9.70. The lowest BCUT2D eigenvalue weighted by atomic mass is 9.73. The molecule has 1 N–H and O–H groups in total. The quantitative estimate of drug-likeness (QED) is 0.579. The second-order valence-electron chi connectivity index (χ2n) is 7.72. The normalized spacial score (nSPS) is 16.7. The number of amides is 1. The monoisotopic (exact) mass is 440 g/mol. The molecular weight excluding hydrogens is 412 g/mol. The van der Waals surface area contributed by atoms with Gasteiger partial charge in [-0.05, 0) is 61.1 Å². The molecule has 8 heteroatoms.